The summed E-state index contributed by atoms with van der Waals surface area (Å²) in [6, 6.07) is 15.6. The first kappa shape index (κ1) is 27.5. The van der Waals surface area contributed by atoms with Crippen molar-refractivity contribution in [2.75, 3.05) is 44.2 Å². The van der Waals surface area contributed by atoms with E-state index in [1.54, 1.807) is 17.6 Å². The lowest BCUT2D eigenvalue weighted by Crippen LogP contribution is -2.48. The number of carbonyl (C=O) groups excluding carboxylic acids is 1. The van der Waals surface area contributed by atoms with Crippen LogP contribution in [0.5, 0.6) is 0 Å². The van der Waals surface area contributed by atoms with Gasteiger partial charge in [-0.3, -0.25) is 14.9 Å². The zero-order valence-electron chi connectivity index (χ0n) is 20.2. The lowest BCUT2D eigenvalue weighted by Gasteiger charge is -2.33. The van der Waals surface area contributed by atoms with Crippen LogP contribution in [0.4, 0.5) is 5.13 Å². The summed E-state index contributed by atoms with van der Waals surface area (Å²) in [6.45, 7) is 4.83. The van der Waals surface area contributed by atoms with E-state index in [1.165, 1.54) is 28.9 Å². The van der Waals surface area contributed by atoms with Gasteiger partial charge >= 0.3 is 0 Å². The molecule has 1 amide bonds. The van der Waals surface area contributed by atoms with E-state index in [4.69, 9.17) is 5.21 Å². The van der Waals surface area contributed by atoms with Crippen molar-refractivity contribution < 1.29 is 18.4 Å². The van der Waals surface area contributed by atoms with Crippen LogP contribution in [-0.4, -0.2) is 73.0 Å². The molecule has 2 saturated heterocycles. The number of rotatable bonds is 7. The van der Waals surface area contributed by atoms with E-state index in [-0.39, 0.29) is 17.3 Å². The molecule has 5 rings (SSSR count). The number of likely N-dealkylation sites (tertiary alicyclic amines) is 1. The zero-order chi connectivity index (χ0) is 25.1. The lowest BCUT2D eigenvalue weighted by molar-refractivity contribution is 0.0710. The van der Waals surface area contributed by atoms with Crippen LogP contribution in [0.15, 0.2) is 59.6 Å². The highest BCUT2D eigenvalue weighted by Gasteiger charge is 2.29. The zero-order valence-corrected chi connectivity index (χ0v) is 22.7. The molecule has 2 aromatic carbocycles. The fraction of sp³-hybridized carbons (Fsp3) is 0.360. The Labute approximate surface area is 227 Å². The molecular formula is C25H30ClN5O4S2. The number of piperazine rings is 1. The molecule has 2 aliphatic heterocycles. The SMILES string of the molecule is Cl.O=C(NO)c1cnc(N2CCN(S(=O)(=O)c3ccc(-c4cccc(CN5CCCC5)c4)cc3)CC2)s1. The van der Waals surface area contributed by atoms with E-state index in [2.05, 4.69) is 34.1 Å². The van der Waals surface area contributed by atoms with Crippen LogP contribution in [0.2, 0.25) is 0 Å². The van der Waals surface area contributed by atoms with E-state index < -0.39 is 15.9 Å². The van der Waals surface area contributed by atoms with Gasteiger partial charge in [0.05, 0.1) is 11.1 Å². The fourth-order valence-electron chi connectivity index (χ4n) is 4.71. The fourth-order valence-corrected chi connectivity index (χ4v) is 6.99. The van der Waals surface area contributed by atoms with Gasteiger partial charge in [-0.15, -0.1) is 12.4 Å². The second-order valence-electron chi connectivity index (χ2n) is 9.05. The number of benzene rings is 2. The third kappa shape index (κ3) is 6.14. The molecule has 1 aromatic heterocycles. The Morgan fingerprint density at radius 2 is 1.68 bits per heavy atom. The van der Waals surface area contributed by atoms with Gasteiger partial charge in [-0.2, -0.15) is 4.31 Å². The highest BCUT2D eigenvalue weighted by molar-refractivity contribution is 7.89. The number of hydrogen-bond acceptors (Lipinski definition) is 8. The number of aromatic nitrogens is 1. The summed E-state index contributed by atoms with van der Waals surface area (Å²) in [5, 5.41) is 9.40. The minimum Gasteiger partial charge on any atom is -0.345 e. The Morgan fingerprint density at radius 1 is 0.973 bits per heavy atom. The van der Waals surface area contributed by atoms with Crippen LogP contribution >= 0.6 is 23.7 Å². The van der Waals surface area contributed by atoms with Crippen molar-refractivity contribution in [3.8, 4) is 11.1 Å². The monoisotopic (exact) mass is 563 g/mol. The van der Waals surface area contributed by atoms with Crippen molar-refractivity contribution in [2.45, 2.75) is 24.3 Å². The molecule has 198 valence electrons. The molecular weight excluding hydrogens is 534 g/mol. The topological polar surface area (TPSA) is 106 Å². The van der Waals surface area contributed by atoms with Gasteiger partial charge in [0.15, 0.2) is 5.13 Å². The Bertz CT molecular complexity index is 1320. The van der Waals surface area contributed by atoms with E-state index >= 15 is 0 Å². The Morgan fingerprint density at radius 3 is 2.35 bits per heavy atom. The van der Waals surface area contributed by atoms with Crippen molar-refractivity contribution in [1.29, 1.82) is 0 Å². The predicted octanol–water partition coefficient (Wildman–Crippen LogP) is 3.46. The number of thiazole rings is 1. The standard InChI is InChI=1S/C25H29N5O4S2.ClH/c31-24(27-32)23-17-26-25(35-23)29-12-14-30(15-13-29)36(33,34)22-8-6-20(7-9-22)21-5-3-4-19(16-21)18-28-10-1-2-11-28;/h3-9,16-17,32H,1-2,10-15,18H2,(H,27,31);1H. The van der Waals surface area contributed by atoms with Crippen LogP contribution in [0.1, 0.15) is 28.1 Å². The summed E-state index contributed by atoms with van der Waals surface area (Å²) < 4.78 is 28.0. The molecule has 0 spiro atoms. The summed E-state index contributed by atoms with van der Waals surface area (Å²) >= 11 is 1.16. The van der Waals surface area contributed by atoms with E-state index in [0.717, 1.165) is 42.1 Å². The average Bonchev–Trinajstić information content (AvgIpc) is 3.61. The van der Waals surface area contributed by atoms with Gasteiger partial charge in [-0.25, -0.2) is 18.9 Å². The number of nitrogens with one attached hydrogen (secondary N) is 1. The van der Waals surface area contributed by atoms with Gasteiger partial charge in [0, 0.05) is 32.7 Å². The number of amides is 1. The third-order valence-electron chi connectivity index (χ3n) is 6.69. The summed E-state index contributed by atoms with van der Waals surface area (Å²) in [6.07, 6.45) is 3.93. The molecule has 0 aliphatic carbocycles. The summed E-state index contributed by atoms with van der Waals surface area (Å²) in [4.78, 5) is 20.8. The molecule has 2 aliphatic rings. The summed E-state index contributed by atoms with van der Waals surface area (Å²) in [7, 11) is -3.62. The van der Waals surface area contributed by atoms with Crippen molar-refractivity contribution in [3.63, 3.8) is 0 Å². The van der Waals surface area contributed by atoms with Gasteiger partial charge in [0.25, 0.3) is 5.91 Å². The van der Waals surface area contributed by atoms with Gasteiger partial charge < -0.3 is 4.90 Å². The number of anilines is 1. The van der Waals surface area contributed by atoms with Gasteiger partial charge in [-0.1, -0.05) is 41.7 Å². The molecule has 9 nitrogen and oxygen atoms in total. The molecule has 12 heteroatoms. The molecule has 0 unspecified atom stereocenters. The van der Waals surface area contributed by atoms with Crippen molar-refractivity contribution in [1.82, 2.24) is 19.7 Å². The third-order valence-corrected chi connectivity index (χ3v) is 9.66. The summed E-state index contributed by atoms with van der Waals surface area (Å²) in [5.41, 5.74) is 4.95. The Balaban J connectivity index is 0.00000320. The minimum absolute atomic E-state index is 0. The van der Waals surface area contributed by atoms with E-state index in [9.17, 15) is 13.2 Å². The maximum Gasteiger partial charge on any atom is 0.286 e. The largest absolute Gasteiger partial charge is 0.345 e. The number of carbonyl (C=O) groups is 1. The smallest absolute Gasteiger partial charge is 0.286 e. The number of hydrogen-bond donors (Lipinski definition) is 2. The Kier molecular flexibility index (Phi) is 8.83. The summed E-state index contributed by atoms with van der Waals surface area (Å²) in [5.74, 6) is -0.610. The first-order valence-corrected chi connectivity index (χ1v) is 14.3. The van der Waals surface area contributed by atoms with Crippen LogP contribution in [0.3, 0.4) is 0 Å². The van der Waals surface area contributed by atoms with Gasteiger partial charge in [-0.05, 0) is 60.8 Å². The van der Waals surface area contributed by atoms with Crippen molar-refractivity contribution in [2.24, 2.45) is 0 Å². The molecule has 0 atom stereocenters. The number of hydroxylamine groups is 1. The van der Waals surface area contributed by atoms with Crippen molar-refractivity contribution >= 4 is 44.8 Å². The molecule has 0 radical (unpaired) electrons. The highest BCUT2D eigenvalue weighted by atomic mass is 35.5. The average molecular weight is 564 g/mol. The molecule has 2 fully saturated rings. The van der Waals surface area contributed by atoms with Gasteiger partial charge in [0.2, 0.25) is 10.0 Å². The molecule has 0 bridgehead atoms. The number of halogens is 1. The second-order valence-corrected chi connectivity index (χ2v) is 12.0. The first-order chi connectivity index (χ1) is 17.4. The van der Waals surface area contributed by atoms with Crippen LogP contribution < -0.4 is 10.4 Å². The second kappa shape index (κ2) is 11.9. The van der Waals surface area contributed by atoms with Gasteiger partial charge in [0.1, 0.15) is 4.88 Å². The minimum atomic E-state index is -3.62. The normalized spacial score (nSPS) is 16.9. The van der Waals surface area contributed by atoms with Crippen molar-refractivity contribution in [3.05, 3.63) is 65.2 Å². The Hall–Kier alpha value is -2.54. The highest BCUT2D eigenvalue weighted by Crippen LogP contribution is 2.27. The first-order valence-electron chi connectivity index (χ1n) is 12.0. The van der Waals surface area contributed by atoms with E-state index in [1.807, 2.05) is 17.0 Å². The molecule has 0 saturated carbocycles. The van der Waals surface area contributed by atoms with Crippen LogP contribution in [0, 0.1) is 0 Å². The maximum absolute atomic E-state index is 13.3. The van der Waals surface area contributed by atoms with Crippen LogP contribution in [0.25, 0.3) is 11.1 Å². The number of nitrogens with zero attached hydrogens (tertiary/aromatic N) is 4. The molecule has 3 heterocycles. The molecule has 3 aromatic rings. The predicted molar refractivity (Wildman–Crippen MR) is 146 cm³/mol. The maximum atomic E-state index is 13.3. The van der Waals surface area contributed by atoms with E-state index in [0.29, 0.717) is 36.2 Å². The molecule has 37 heavy (non-hydrogen) atoms. The van der Waals surface area contributed by atoms with Crippen LogP contribution in [-0.2, 0) is 16.6 Å². The quantitative estimate of drug-likeness (QED) is 0.335. The number of sulfonamides is 1. The molecule has 2 N–H and O–H groups in total. The lowest BCUT2D eigenvalue weighted by atomic mass is 10.0.